The Morgan fingerprint density at radius 2 is 2.47 bits per heavy atom. The van der Waals surface area contributed by atoms with Crippen molar-refractivity contribution in [1.82, 2.24) is 4.90 Å². The summed E-state index contributed by atoms with van der Waals surface area (Å²) in [4.78, 5) is 25.0. The molecule has 1 aliphatic rings. The first-order valence-electron chi connectivity index (χ1n) is 5.62. The fourth-order valence-electron chi connectivity index (χ4n) is 1.92. The molecule has 1 fully saturated rings. The Hall–Kier alpha value is -1.94. The molecule has 2 rings (SSSR count). The molecule has 0 aliphatic carbocycles. The van der Waals surface area contributed by atoms with Crippen molar-refractivity contribution in [1.29, 1.82) is 5.26 Å². The van der Waals surface area contributed by atoms with Gasteiger partial charge in [-0.25, -0.2) is 4.79 Å². The third-order valence-electron chi connectivity index (χ3n) is 2.70. The second-order valence-electron chi connectivity index (χ2n) is 3.91. The molecule has 0 N–H and O–H groups in total. The maximum Gasteiger partial charge on any atom is 0.330 e. The van der Waals surface area contributed by atoms with Gasteiger partial charge in [-0.15, -0.1) is 11.8 Å². The van der Waals surface area contributed by atoms with Crippen molar-refractivity contribution in [2.24, 2.45) is 0 Å². The number of ether oxygens (including phenoxy) is 1. The average molecular weight is 280 g/mol. The topological polar surface area (TPSA) is 83.5 Å². The smallest absolute Gasteiger partial charge is 0.330 e. The van der Waals surface area contributed by atoms with Crippen LogP contribution >= 0.6 is 11.8 Å². The van der Waals surface area contributed by atoms with Crippen LogP contribution in [0.5, 0.6) is 0 Å². The van der Waals surface area contributed by atoms with Gasteiger partial charge in [0.05, 0.1) is 6.26 Å². The van der Waals surface area contributed by atoms with Crippen molar-refractivity contribution in [3.63, 3.8) is 0 Å². The second kappa shape index (κ2) is 5.80. The third-order valence-corrected chi connectivity index (χ3v) is 3.98. The first kappa shape index (κ1) is 13.5. The number of amides is 1. The van der Waals surface area contributed by atoms with Crippen LogP contribution in [-0.4, -0.2) is 35.2 Å². The molecule has 6 nitrogen and oxygen atoms in total. The van der Waals surface area contributed by atoms with E-state index in [0.29, 0.717) is 11.5 Å². The van der Waals surface area contributed by atoms with E-state index < -0.39 is 12.0 Å². The van der Waals surface area contributed by atoms with Crippen LogP contribution in [0.4, 0.5) is 0 Å². The highest BCUT2D eigenvalue weighted by Crippen LogP contribution is 2.41. The molecule has 1 amide bonds. The van der Waals surface area contributed by atoms with Crippen molar-refractivity contribution < 1.29 is 18.7 Å². The molecule has 2 heterocycles. The molecule has 1 aliphatic heterocycles. The van der Waals surface area contributed by atoms with Crippen molar-refractivity contribution in [3.8, 4) is 6.07 Å². The van der Waals surface area contributed by atoms with Crippen LogP contribution < -0.4 is 0 Å². The van der Waals surface area contributed by atoms with E-state index in [4.69, 9.17) is 14.4 Å². The van der Waals surface area contributed by atoms with E-state index in [0.717, 1.165) is 0 Å². The van der Waals surface area contributed by atoms with Crippen LogP contribution in [0, 0.1) is 11.3 Å². The Bertz CT molecular complexity index is 508. The molecule has 1 aromatic rings. The number of nitrogens with zero attached hydrogens (tertiary/aromatic N) is 2. The minimum atomic E-state index is -0.675. The van der Waals surface area contributed by atoms with Gasteiger partial charge in [0.25, 0.3) is 0 Å². The number of esters is 1. The number of carbonyl (C=O) groups is 2. The van der Waals surface area contributed by atoms with Gasteiger partial charge >= 0.3 is 5.97 Å². The highest BCUT2D eigenvalue weighted by molar-refractivity contribution is 7.99. The van der Waals surface area contributed by atoms with E-state index in [1.807, 2.05) is 0 Å². The monoisotopic (exact) mass is 280 g/mol. The fraction of sp³-hybridized carbons (Fsp3) is 0.417. The lowest BCUT2D eigenvalue weighted by Crippen LogP contribution is -2.42. The molecule has 0 saturated carbocycles. The van der Waals surface area contributed by atoms with Gasteiger partial charge in [0.2, 0.25) is 5.91 Å². The van der Waals surface area contributed by atoms with E-state index >= 15 is 0 Å². The van der Waals surface area contributed by atoms with Crippen molar-refractivity contribution in [2.45, 2.75) is 18.3 Å². The number of furan rings is 1. The van der Waals surface area contributed by atoms with Gasteiger partial charge in [-0.05, 0) is 12.1 Å². The Balaban J connectivity index is 2.16. The fourth-order valence-corrected chi connectivity index (χ4v) is 3.34. The molecular formula is C12H12N2O4S. The first-order chi connectivity index (χ1) is 9.15. The quantitative estimate of drug-likeness (QED) is 0.776. The summed E-state index contributed by atoms with van der Waals surface area (Å²) in [7, 11) is 0. The highest BCUT2D eigenvalue weighted by atomic mass is 32.2. The zero-order valence-corrected chi connectivity index (χ0v) is 11.1. The van der Waals surface area contributed by atoms with E-state index in [1.165, 1.54) is 29.8 Å². The predicted octanol–water partition coefficient (Wildman–Crippen LogP) is 1.31. The Kier molecular flexibility index (Phi) is 4.12. The molecule has 100 valence electrons. The van der Waals surface area contributed by atoms with Gasteiger partial charge in [-0.3, -0.25) is 4.79 Å². The molecule has 2 atom stereocenters. The lowest BCUT2D eigenvalue weighted by Gasteiger charge is -2.25. The van der Waals surface area contributed by atoms with Crippen LogP contribution in [0.2, 0.25) is 0 Å². The third kappa shape index (κ3) is 2.74. The largest absolute Gasteiger partial charge is 0.466 e. The summed E-state index contributed by atoms with van der Waals surface area (Å²) in [6.07, 6.45) is 1.52. The molecule has 1 saturated heterocycles. The summed E-state index contributed by atoms with van der Waals surface area (Å²) in [6, 6.07) is 4.55. The maximum atomic E-state index is 11.8. The van der Waals surface area contributed by atoms with E-state index in [1.54, 1.807) is 18.2 Å². The summed E-state index contributed by atoms with van der Waals surface area (Å²) < 4.78 is 10.1. The Morgan fingerprint density at radius 3 is 3.05 bits per heavy atom. The molecule has 0 aromatic carbocycles. The lowest BCUT2D eigenvalue weighted by atomic mass is 10.2. The van der Waals surface area contributed by atoms with Gasteiger partial charge < -0.3 is 14.1 Å². The summed E-state index contributed by atoms with van der Waals surface area (Å²) >= 11 is 1.43. The van der Waals surface area contributed by atoms with Crippen LogP contribution in [0.25, 0.3) is 0 Å². The number of rotatable bonds is 3. The molecular weight excluding hydrogens is 268 g/mol. The van der Waals surface area contributed by atoms with Gasteiger partial charge in [-0.1, -0.05) is 0 Å². The van der Waals surface area contributed by atoms with Crippen LogP contribution in [0.15, 0.2) is 22.8 Å². The normalized spacial score (nSPS) is 22.0. The van der Waals surface area contributed by atoms with E-state index in [-0.39, 0.29) is 17.9 Å². The van der Waals surface area contributed by atoms with Gasteiger partial charge in [0, 0.05) is 12.7 Å². The summed E-state index contributed by atoms with van der Waals surface area (Å²) in [6.45, 7) is 1.09. The Labute approximate surface area is 114 Å². The summed E-state index contributed by atoms with van der Waals surface area (Å²) in [5.74, 6) is 0.259. The zero-order valence-electron chi connectivity index (χ0n) is 10.2. The number of nitriles is 1. The van der Waals surface area contributed by atoms with Crippen molar-refractivity contribution in [3.05, 3.63) is 24.2 Å². The minimum Gasteiger partial charge on any atom is -0.466 e. The zero-order chi connectivity index (χ0) is 13.8. The van der Waals surface area contributed by atoms with Gasteiger partial charge in [0.1, 0.15) is 23.2 Å². The number of hydrogen-bond acceptors (Lipinski definition) is 6. The molecule has 1 aromatic heterocycles. The van der Waals surface area contributed by atoms with Gasteiger partial charge in [0.15, 0.2) is 6.61 Å². The lowest BCUT2D eigenvalue weighted by molar-refractivity contribution is -0.152. The van der Waals surface area contributed by atoms with E-state index in [9.17, 15) is 9.59 Å². The number of hydrogen-bond donors (Lipinski definition) is 0. The molecule has 0 spiro atoms. The summed E-state index contributed by atoms with van der Waals surface area (Å²) in [5.41, 5.74) is 0. The average Bonchev–Trinajstić information content (AvgIpc) is 3.02. The SMILES string of the molecule is CC(=O)N1[C@@H](C(=O)OCC#N)CS[C@H]1c1ccco1. The van der Waals surface area contributed by atoms with E-state index in [2.05, 4.69) is 0 Å². The van der Waals surface area contributed by atoms with Gasteiger partial charge in [-0.2, -0.15) is 5.26 Å². The highest BCUT2D eigenvalue weighted by Gasteiger charge is 2.43. The summed E-state index contributed by atoms with van der Waals surface area (Å²) in [5, 5.41) is 8.08. The minimum absolute atomic E-state index is 0.231. The van der Waals surface area contributed by atoms with Crippen molar-refractivity contribution >= 4 is 23.6 Å². The first-order valence-corrected chi connectivity index (χ1v) is 6.67. The number of carbonyl (C=O) groups excluding carboxylic acids is 2. The number of thioether (sulfide) groups is 1. The van der Waals surface area contributed by atoms with Crippen LogP contribution in [0.1, 0.15) is 18.1 Å². The molecule has 19 heavy (non-hydrogen) atoms. The molecule has 0 bridgehead atoms. The Morgan fingerprint density at radius 1 is 1.68 bits per heavy atom. The second-order valence-corrected chi connectivity index (χ2v) is 5.02. The maximum absolute atomic E-state index is 11.8. The molecule has 0 radical (unpaired) electrons. The van der Waals surface area contributed by atoms with Crippen LogP contribution in [0.3, 0.4) is 0 Å². The standard InChI is InChI=1S/C12H12N2O4S/c1-8(15)14-9(12(16)18-6-4-13)7-19-11(14)10-3-2-5-17-10/h2-3,5,9,11H,6-7H2,1H3/t9-,11+/m1/s1. The molecule has 7 heteroatoms. The van der Waals surface area contributed by atoms with Crippen molar-refractivity contribution in [2.75, 3.05) is 12.4 Å². The molecule has 0 unspecified atom stereocenters. The van der Waals surface area contributed by atoms with Crippen LogP contribution in [-0.2, 0) is 14.3 Å². The predicted molar refractivity (Wildman–Crippen MR) is 66.8 cm³/mol.